The molecule has 2 aliphatic heterocycles. The zero-order valence-corrected chi connectivity index (χ0v) is 18.6. The van der Waals surface area contributed by atoms with E-state index in [1.807, 2.05) is 42.6 Å². The van der Waals surface area contributed by atoms with Crippen molar-refractivity contribution in [2.75, 3.05) is 20.3 Å². The molecule has 9 heteroatoms. The highest BCUT2D eigenvalue weighted by molar-refractivity contribution is 7.10. The monoisotopic (exact) mass is 449 g/mol. The molecule has 2 aliphatic rings. The van der Waals surface area contributed by atoms with Crippen molar-refractivity contribution < 1.29 is 14.3 Å². The number of hydrogen-bond donors (Lipinski definition) is 1. The molecule has 32 heavy (non-hydrogen) atoms. The Morgan fingerprint density at radius 3 is 2.53 bits per heavy atom. The van der Waals surface area contributed by atoms with Gasteiger partial charge in [0.05, 0.1) is 18.1 Å². The number of carbonyl (C=O) groups excluding carboxylic acids is 1. The van der Waals surface area contributed by atoms with Crippen LogP contribution in [0.2, 0.25) is 0 Å². The molecule has 3 aromatic rings. The van der Waals surface area contributed by atoms with Crippen molar-refractivity contribution in [3.63, 3.8) is 0 Å². The van der Waals surface area contributed by atoms with Gasteiger partial charge in [-0.25, -0.2) is 15.0 Å². The molecule has 1 unspecified atom stereocenters. The molecule has 5 rings (SSSR count). The molecule has 4 heterocycles. The molecule has 1 fully saturated rings. The van der Waals surface area contributed by atoms with E-state index in [1.165, 1.54) is 22.6 Å². The zero-order valence-electron chi connectivity index (χ0n) is 17.8. The van der Waals surface area contributed by atoms with Gasteiger partial charge in [-0.15, -0.1) is 11.3 Å². The fourth-order valence-corrected chi connectivity index (χ4v) is 5.39. The molecule has 2 N–H and O–H groups in total. The van der Waals surface area contributed by atoms with E-state index in [1.54, 1.807) is 19.4 Å². The molecule has 0 aliphatic carbocycles. The summed E-state index contributed by atoms with van der Waals surface area (Å²) in [6, 6.07) is 9.67. The van der Waals surface area contributed by atoms with Gasteiger partial charge in [-0.05, 0) is 28.6 Å². The number of carbonyl (C=O) groups is 1. The number of rotatable bonds is 5. The Bertz CT molecular complexity index is 1190. The maximum Gasteiger partial charge on any atom is 0.266 e. The molecule has 2 aromatic heterocycles. The normalized spacial score (nSPS) is 22.4. The molecule has 0 saturated carbocycles. The van der Waals surface area contributed by atoms with Gasteiger partial charge in [0.2, 0.25) is 5.79 Å². The van der Waals surface area contributed by atoms with Crippen LogP contribution in [0.3, 0.4) is 0 Å². The van der Waals surface area contributed by atoms with E-state index in [-0.39, 0.29) is 11.9 Å². The van der Waals surface area contributed by atoms with Gasteiger partial charge >= 0.3 is 0 Å². The number of nitrogens with two attached hydrogens (primary N) is 1. The number of likely N-dealkylation sites (N-methyl/N-ethyl adjacent to an activating group) is 1. The first-order valence-electron chi connectivity index (χ1n) is 10.4. The third-order valence-corrected chi connectivity index (χ3v) is 7.08. The highest BCUT2D eigenvalue weighted by Crippen LogP contribution is 2.45. The molecule has 1 aromatic carbocycles. The summed E-state index contributed by atoms with van der Waals surface area (Å²) in [5.41, 5.74) is 8.06. The zero-order chi connectivity index (χ0) is 22.3. The Morgan fingerprint density at radius 1 is 1.12 bits per heavy atom. The first-order chi connectivity index (χ1) is 15.5. The highest BCUT2D eigenvalue weighted by Gasteiger charge is 2.51. The van der Waals surface area contributed by atoms with Gasteiger partial charge < -0.3 is 15.2 Å². The molecule has 164 valence electrons. The van der Waals surface area contributed by atoms with Crippen molar-refractivity contribution in [1.82, 2.24) is 14.9 Å². The van der Waals surface area contributed by atoms with Gasteiger partial charge in [-0.3, -0.25) is 9.69 Å². The lowest BCUT2D eigenvalue weighted by atomic mass is 9.83. The van der Waals surface area contributed by atoms with Crippen LogP contribution in [-0.4, -0.2) is 47.0 Å². The second-order valence-electron chi connectivity index (χ2n) is 7.76. The lowest BCUT2D eigenvalue weighted by Crippen LogP contribution is -2.41. The fraction of sp³-hybridized carbons (Fsp3) is 0.304. The first-order valence-corrected chi connectivity index (χ1v) is 11.2. The maximum absolute atomic E-state index is 13.6. The van der Waals surface area contributed by atoms with Gasteiger partial charge in [0.15, 0.2) is 11.5 Å². The molecular weight excluding hydrogens is 426 g/mol. The summed E-state index contributed by atoms with van der Waals surface area (Å²) in [4.78, 5) is 28.8. The van der Waals surface area contributed by atoms with Crippen molar-refractivity contribution in [3.05, 3.63) is 70.4 Å². The van der Waals surface area contributed by atoms with Crippen LogP contribution in [0.4, 0.5) is 0 Å². The van der Waals surface area contributed by atoms with Gasteiger partial charge in [-0.2, -0.15) is 0 Å². The van der Waals surface area contributed by atoms with Crippen LogP contribution >= 0.6 is 11.3 Å². The topological polar surface area (TPSA) is 103 Å². The maximum atomic E-state index is 13.6. The molecule has 1 atom stereocenters. The third-order valence-electron chi connectivity index (χ3n) is 6.03. The van der Waals surface area contributed by atoms with Crippen molar-refractivity contribution in [1.29, 1.82) is 0 Å². The molecule has 1 amide bonds. The molecule has 0 spiro atoms. The Morgan fingerprint density at radius 2 is 1.88 bits per heavy atom. The summed E-state index contributed by atoms with van der Waals surface area (Å²) in [6.45, 7) is 3.11. The molecule has 8 nitrogen and oxygen atoms in total. The lowest BCUT2D eigenvalue weighted by molar-refractivity contribution is -0.164. The Balaban J connectivity index is 1.66. The predicted octanol–water partition coefficient (Wildman–Crippen LogP) is 2.85. The van der Waals surface area contributed by atoms with E-state index in [0.29, 0.717) is 19.6 Å². The third kappa shape index (κ3) is 3.04. The highest BCUT2D eigenvalue weighted by atomic mass is 32.1. The van der Waals surface area contributed by atoms with Crippen molar-refractivity contribution >= 4 is 23.2 Å². The van der Waals surface area contributed by atoms with Crippen LogP contribution in [-0.2, 0) is 25.6 Å². The minimum Gasteiger partial charge on any atom is -0.369 e. The van der Waals surface area contributed by atoms with Gasteiger partial charge in [0.1, 0.15) is 6.33 Å². The summed E-state index contributed by atoms with van der Waals surface area (Å²) in [5, 5.41) is 1.95. The summed E-state index contributed by atoms with van der Waals surface area (Å²) in [5.74, 6) is -0.815. The molecule has 0 bridgehead atoms. The summed E-state index contributed by atoms with van der Waals surface area (Å²) in [6.07, 6.45) is 5.63. The number of thiophene rings is 1. The van der Waals surface area contributed by atoms with Crippen LogP contribution in [0.1, 0.15) is 29.3 Å². The number of amides is 1. The summed E-state index contributed by atoms with van der Waals surface area (Å²) in [7, 11) is 1.64. The van der Waals surface area contributed by atoms with Crippen LogP contribution in [0, 0.1) is 0 Å². The number of benzene rings is 1. The van der Waals surface area contributed by atoms with Crippen molar-refractivity contribution in [2.45, 2.75) is 24.7 Å². The largest absolute Gasteiger partial charge is 0.369 e. The molecule has 0 radical (unpaired) electrons. The van der Waals surface area contributed by atoms with E-state index in [4.69, 9.17) is 20.2 Å². The number of aromatic nitrogens is 2. The van der Waals surface area contributed by atoms with Crippen molar-refractivity contribution in [2.24, 2.45) is 10.7 Å². The smallest absolute Gasteiger partial charge is 0.266 e. The predicted molar refractivity (Wildman–Crippen MR) is 121 cm³/mol. The van der Waals surface area contributed by atoms with E-state index in [2.05, 4.69) is 9.97 Å². The fourth-order valence-electron chi connectivity index (χ4n) is 4.26. The number of aliphatic imine (C=N–C) groups is 1. The van der Waals surface area contributed by atoms with E-state index in [9.17, 15) is 4.79 Å². The van der Waals surface area contributed by atoms with E-state index >= 15 is 0 Å². The second kappa shape index (κ2) is 7.77. The second-order valence-corrected chi connectivity index (χ2v) is 8.67. The first kappa shape index (κ1) is 20.7. The van der Waals surface area contributed by atoms with Crippen molar-refractivity contribution in [3.8, 4) is 11.1 Å². The quantitative estimate of drug-likeness (QED) is 0.643. The van der Waals surface area contributed by atoms with Crippen LogP contribution in [0.5, 0.6) is 0 Å². The van der Waals surface area contributed by atoms with Crippen LogP contribution in [0.15, 0.2) is 59.4 Å². The Labute approximate surface area is 189 Å². The minimum atomic E-state index is -1.28. The Hall–Kier alpha value is -3.14. The number of ether oxygens (including phenoxy) is 2. The SMILES string of the molecule is CCC1(c2cc(C3(c4cccc(-c5cncnc5)c4)N=C(N)N(C)C3=O)cs2)OCCO1. The van der Waals surface area contributed by atoms with Gasteiger partial charge in [-0.1, -0.05) is 25.1 Å². The average Bonchev–Trinajstić information content (AvgIpc) is 3.57. The number of guanidine groups is 1. The average molecular weight is 450 g/mol. The summed E-state index contributed by atoms with van der Waals surface area (Å²) >= 11 is 1.50. The van der Waals surface area contributed by atoms with Crippen LogP contribution < -0.4 is 5.73 Å². The minimum absolute atomic E-state index is 0.176. The van der Waals surface area contributed by atoms with Crippen LogP contribution in [0.25, 0.3) is 11.1 Å². The number of nitrogens with zero attached hydrogens (tertiary/aromatic N) is 4. The lowest BCUT2D eigenvalue weighted by Gasteiger charge is -2.26. The van der Waals surface area contributed by atoms with Gasteiger partial charge in [0.25, 0.3) is 5.91 Å². The standard InChI is InChI=1S/C23H23N5O3S/c1-3-22(30-7-8-31-22)19-10-18(13-32-19)23(20(29)28(2)21(24)27-23)17-6-4-5-15(9-17)16-11-25-14-26-12-16/h4-6,9-14H,3,7-8H2,1-2H3,(H2,24,27). The Kier molecular flexibility index (Phi) is 5.04. The number of hydrogen-bond acceptors (Lipinski definition) is 8. The molecule has 1 saturated heterocycles. The molecular formula is C23H23N5O3S. The van der Waals surface area contributed by atoms with E-state index in [0.717, 1.165) is 27.1 Å². The van der Waals surface area contributed by atoms with E-state index < -0.39 is 11.3 Å². The van der Waals surface area contributed by atoms with Gasteiger partial charge in [0, 0.05) is 37.0 Å². The summed E-state index contributed by atoms with van der Waals surface area (Å²) < 4.78 is 11.9.